The molecular weight excluding hydrogens is 338 g/mol. The highest BCUT2D eigenvalue weighted by atomic mass is 19.1. The summed E-state index contributed by atoms with van der Waals surface area (Å²) in [5, 5.41) is 2.46. The Morgan fingerprint density at radius 3 is 2.73 bits per heavy atom. The van der Waals surface area contributed by atoms with E-state index >= 15 is 0 Å². The lowest BCUT2D eigenvalue weighted by atomic mass is 10.0. The quantitative estimate of drug-likeness (QED) is 0.903. The molecule has 1 aliphatic rings. The van der Waals surface area contributed by atoms with E-state index in [0.29, 0.717) is 6.07 Å². The van der Waals surface area contributed by atoms with E-state index < -0.39 is 23.5 Å². The molecule has 2 aromatic carbocycles. The highest BCUT2D eigenvalue weighted by Crippen LogP contribution is 2.32. The molecule has 0 bridgehead atoms. The van der Waals surface area contributed by atoms with Crippen LogP contribution >= 0.6 is 0 Å². The monoisotopic (exact) mass is 358 g/mol. The molecular formula is C20H20F2N2O2. The fourth-order valence-corrected chi connectivity index (χ4v) is 3.32. The lowest BCUT2D eigenvalue weighted by molar-refractivity contribution is -0.122. The lowest BCUT2D eigenvalue weighted by Crippen LogP contribution is -2.29. The average molecular weight is 358 g/mol. The first kappa shape index (κ1) is 18.0. The van der Waals surface area contributed by atoms with Crippen LogP contribution in [0.4, 0.5) is 20.2 Å². The van der Waals surface area contributed by atoms with Gasteiger partial charge in [-0.15, -0.1) is 0 Å². The molecule has 1 saturated heterocycles. The smallest absolute Gasteiger partial charge is 0.229 e. The molecule has 1 fully saturated rings. The van der Waals surface area contributed by atoms with Crippen LogP contribution in [-0.2, 0) is 16.0 Å². The zero-order valence-corrected chi connectivity index (χ0v) is 14.7. The minimum atomic E-state index is -0.841. The van der Waals surface area contributed by atoms with Gasteiger partial charge in [0.05, 0.1) is 11.6 Å². The van der Waals surface area contributed by atoms with E-state index in [0.717, 1.165) is 29.3 Å². The first-order chi connectivity index (χ1) is 12.4. The normalized spacial score (nSPS) is 16.8. The fraction of sp³-hybridized carbons (Fsp3) is 0.300. The van der Waals surface area contributed by atoms with Gasteiger partial charge in [-0.2, -0.15) is 0 Å². The molecule has 1 unspecified atom stereocenters. The van der Waals surface area contributed by atoms with Crippen molar-refractivity contribution < 1.29 is 18.4 Å². The molecule has 1 heterocycles. The number of halogens is 2. The van der Waals surface area contributed by atoms with E-state index in [1.807, 2.05) is 32.0 Å². The van der Waals surface area contributed by atoms with Crippen LogP contribution in [0.15, 0.2) is 36.4 Å². The lowest BCUT2D eigenvalue weighted by Gasteiger charge is -2.22. The van der Waals surface area contributed by atoms with Gasteiger partial charge in [0.1, 0.15) is 11.6 Å². The van der Waals surface area contributed by atoms with Crippen molar-refractivity contribution in [2.45, 2.75) is 26.7 Å². The van der Waals surface area contributed by atoms with Gasteiger partial charge in [-0.3, -0.25) is 9.59 Å². The number of carbonyl (C=O) groups excluding carboxylic acids is 2. The van der Waals surface area contributed by atoms with Crippen LogP contribution in [0, 0.1) is 24.5 Å². The van der Waals surface area contributed by atoms with E-state index in [9.17, 15) is 18.4 Å². The van der Waals surface area contributed by atoms with Crippen molar-refractivity contribution >= 4 is 23.2 Å². The largest absolute Gasteiger partial charge is 0.323 e. The molecule has 0 radical (unpaired) electrons. The van der Waals surface area contributed by atoms with Crippen molar-refractivity contribution in [1.82, 2.24) is 0 Å². The predicted octanol–water partition coefficient (Wildman–Crippen LogP) is 3.83. The second-order valence-electron chi connectivity index (χ2n) is 6.46. The van der Waals surface area contributed by atoms with Crippen LogP contribution in [0.25, 0.3) is 0 Å². The van der Waals surface area contributed by atoms with Gasteiger partial charge in [-0.25, -0.2) is 8.78 Å². The Kier molecular flexibility index (Phi) is 5.02. The number of rotatable bonds is 4. The highest BCUT2D eigenvalue weighted by molar-refractivity contribution is 6.04. The van der Waals surface area contributed by atoms with Gasteiger partial charge in [0.15, 0.2) is 0 Å². The molecule has 1 N–H and O–H groups in total. The molecule has 1 atom stereocenters. The molecule has 1 aliphatic heterocycles. The molecule has 0 aromatic heterocycles. The summed E-state index contributed by atoms with van der Waals surface area (Å²) in [5.41, 5.74) is 2.78. The minimum Gasteiger partial charge on any atom is -0.323 e. The molecule has 2 amide bonds. The number of aryl methyl sites for hydroxylation is 2. The van der Waals surface area contributed by atoms with Gasteiger partial charge in [0.25, 0.3) is 0 Å². The third-order valence-electron chi connectivity index (χ3n) is 4.66. The number of amides is 2. The fourth-order valence-electron chi connectivity index (χ4n) is 3.32. The summed E-state index contributed by atoms with van der Waals surface area (Å²) in [6.45, 7) is 4.19. The maximum atomic E-state index is 13.7. The van der Waals surface area contributed by atoms with Crippen LogP contribution < -0.4 is 10.2 Å². The molecule has 4 nitrogen and oxygen atoms in total. The average Bonchev–Trinajstić information content (AvgIpc) is 2.98. The Balaban J connectivity index is 1.78. The van der Waals surface area contributed by atoms with Crippen molar-refractivity contribution in [1.29, 1.82) is 0 Å². The van der Waals surface area contributed by atoms with Crippen LogP contribution in [0.1, 0.15) is 24.5 Å². The molecule has 0 saturated carbocycles. The Morgan fingerprint density at radius 2 is 2.04 bits per heavy atom. The zero-order valence-electron chi connectivity index (χ0n) is 14.7. The van der Waals surface area contributed by atoms with Gasteiger partial charge in [-0.1, -0.05) is 25.1 Å². The first-order valence-electron chi connectivity index (χ1n) is 8.55. The minimum absolute atomic E-state index is 0.0616. The van der Waals surface area contributed by atoms with Gasteiger partial charge in [0.2, 0.25) is 11.8 Å². The van der Waals surface area contributed by atoms with E-state index in [4.69, 9.17) is 0 Å². The summed E-state index contributed by atoms with van der Waals surface area (Å²) in [5.74, 6) is -2.72. The standard InChI is InChI=1S/C20H20F2N2O2/c1-3-13-6-4-5-12(2)19(13)24-11-14(9-18(24)25)20(26)23-17-8-7-15(21)10-16(17)22/h4-8,10,14H,3,9,11H2,1-2H3,(H,23,26). The molecule has 136 valence electrons. The van der Waals surface area contributed by atoms with Crippen molar-refractivity contribution in [3.63, 3.8) is 0 Å². The number of benzene rings is 2. The third-order valence-corrected chi connectivity index (χ3v) is 4.66. The number of nitrogens with zero attached hydrogens (tertiary/aromatic N) is 1. The summed E-state index contributed by atoms with van der Waals surface area (Å²) in [6.07, 6.45) is 0.838. The van der Waals surface area contributed by atoms with Crippen LogP contribution in [0.2, 0.25) is 0 Å². The Hall–Kier alpha value is -2.76. The molecule has 6 heteroatoms. The number of para-hydroxylation sites is 1. The number of hydrogen-bond donors (Lipinski definition) is 1. The maximum absolute atomic E-state index is 13.7. The second-order valence-corrected chi connectivity index (χ2v) is 6.46. The van der Waals surface area contributed by atoms with E-state index in [2.05, 4.69) is 5.32 Å². The highest BCUT2D eigenvalue weighted by Gasteiger charge is 2.36. The van der Waals surface area contributed by atoms with Gasteiger partial charge in [-0.05, 0) is 36.6 Å². The van der Waals surface area contributed by atoms with Crippen molar-refractivity contribution in [3.8, 4) is 0 Å². The predicted molar refractivity (Wildman–Crippen MR) is 96.0 cm³/mol. The topological polar surface area (TPSA) is 49.4 Å². The summed E-state index contributed by atoms with van der Waals surface area (Å²) in [6, 6.07) is 8.81. The van der Waals surface area contributed by atoms with Crippen molar-refractivity contribution in [2.75, 3.05) is 16.8 Å². The SMILES string of the molecule is CCc1cccc(C)c1N1CC(C(=O)Nc2ccc(F)cc2F)CC1=O. The Labute approximate surface area is 150 Å². The summed E-state index contributed by atoms with van der Waals surface area (Å²) >= 11 is 0. The molecule has 0 aliphatic carbocycles. The molecule has 26 heavy (non-hydrogen) atoms. The number of carbonyl (C=O) groups is 2. The number of nitrogens with one attached hydrogen (secondary N) is 1. The number of hydrogen-bond acceptors (Lipinski definition) is 2. The van der Waals surface area contributed by atoms with E-state index in [1.165, 1.54) is 6.07 Å². The Morgan fingerprint density at radius 1 is 1.27 bits per heavy atom. The van der Waals surface area contributed by atoms with Crippen LogP contribution in [0.5, 0.6) is 0 Å². The number of anilines is 2. The molecule has 2 aromatic rings. The second kappa shape index (κ2) is 7.23. The van der Waals surface area contributed by atoms with Crippen LogP contribution in [-0.4, -0.2) is 18.4 Å². The first-order valence-corrected chi connectivity index (χ1v) is 8.55. The summed E-state index contributed by atoms with van der Waals surface area (Å²) < 4.78 is 26.7. The van der Waals surface area contributed by atoms with Crippen molar-refractivity contribution in [2.24, 2.45) is 5.92 Å². The van der Waals surface area contributed by atoms with Crippen LogP contribution in [0.3, 0.4) is 0 Å². The van der Waals surface area contributed by atoms with Gasteiger partial charge < -0.3 is 10.2 Å². The van der Waals surface area contributed by atoms with Crippen molar-refractivity contribution in [3.05, 3.63) is 59.2 Å². The Bertz CT molecular complexity index is 867. The third kappa shape index (κ3) is 3.45. The summed E-state index contributed by atoms with van der Waals surface area (Å²) in [7, 11) is 0. The van der Waals surface area contributed by atoms with Gasteiger partial charge in [0, 0.05) is 24.7 Å². The zero-order chi connectivity index (χ0) is 18.8. The van der Waals surface area contributed by atoms with E-state index in [-0.39, 0.29) is 24.6 Å². The molecule has 3 rings (SSSR count). The summed E-state index contributed by atoms with van der Waals surface area (Å²) in [4.78, 5) is 26.6. The maximum Gasteiger partial charge on any atom is 0.229 e. The van der Waals surface area contributed by atoms with E-state index in [1.54, 1.807) is 4.90 Å². The van der Waals surface area contributed by atoms with Gasteiger partial charge >= 0.3 is 0 Å². The molecule has 0 spiro atoms.